The smallest absolute Gasteiger partial charge is 0.246 e. The predicted octanol–water partition coefficient (Wildman–Crippen LogP) is -1.43. The van der Waals surface area contributed by atoms with Crippen molar-refractivity contribution in [1.29, 1.82) is 0 Å². The Labute approximate surface area is 55.4 Å². The average molecular weight is 147 g/mol. The van der Waals surface area contributed by atoms with Crippen molar-refractivity contribution in [3.8, 4) is 0 Å². The quantitative estimate of drug-likeness (QED) is 0.442. The average Bonchev–Trinajstić information content (AvgIpc) is 1.98. The summed E-state index contributed by atoms with van der Waals surface area (Å²) in [6.07, 6.45) is 0. The van der Waals surface area contributed by atoms with Crippen LogP contribution >= 0.6 is 12.8 Å². The maximum absolute atomic E-state index is 10.6. The van der Waals surface area contributed by atoms with Crippen LogP contribution in [-0.4, -0.2) is 13.8 Å². The van der Waals surface area contributed by atoms with Gasteiger partial charge in [-0.05, 0) is 12.8 Å². The lowest BCUT2D eigenvalue weighted by atomic mass is 11.0. The maximum atomic E-state index is 10.6. The summed E-state index contributed by atoms with van der Waals surface area (Å²) in [4.78, 5) is 21.1. The Balaban J connectivity index is 3.68. The standard InChI is InChI=1S/C3H5N3O2S/c1-5-2(7)4-6(9)3(5)8/h9H,1H3,(H,4,7). The van der Waals surface area contributed by atoms with Crippen LogP contribution in [0.15, 0.2) is 9.59 Å². The highest BCUT2D eigenvalue weighted by Crippen LogP contribution is 1.66. The monoisotopic (exact) mass is 147 g/mol. The van der Waals surface area contributed by atoms with E-state index in [9.17, 15) is 9.59 Å². The first-order valence-electron chi connectivity index (χ1n) is 2.20. The van der Waals surface area contributed by atoms with E-state index in [4.69, 9.17) is 0 Å². The number of hydrogen-bond donors (Lipinski definition) is 2. The van der Waals surface area contributed by atoms with Crippen LogP contribution in [0.3, 0.4) is 0 Å². The fourth-order valence-corrected chi connectivity index (χ4v) is 0.662. The number of rotatable bonds is 0. The van der Waals surface area contributed by atoms with Crippen LogP contribution in [0.4, 0.5) is 0 Å². The lowest BCUT2D eigenvalue weighted by Crippen LogP contribution is -2.23. The zero-order valence-electron chi connectivity index (χ0n) is 4.66. The number of H-pyrrole nitrogens is 1. The Morgan fingerprint density at radius 1 is 1.56 bits per heavy atom. The highest BCUT2D eigenvalue weighted by molar-refractivity contribution is 7.78. The number of aromatic amines is 1. The lowest BCUT2D eigenvalue weighted by molar-refractivity contribution is 0.823. The molecule has 6 heteroatoms. The SMILES string of the molecule is Cn1c(=O)[nH]n(S)c1=O. The molecule has 1 N–H and O–H groups in total. The number of hydrogen-bond acceptors (Lipinski definition) is 3. The summed E-state index contributed by atoms with van der Waals surface area (Å²) < 4.78 is 1.75. The molecular weight excluding hydrogens is 142 g/mol. The topological polar surface area (TPSA) is 59.8 Å². The molecule has 0 fully saturated rings. The molecule has 0 radical (unpaired) electrons. The van der Waals surface area contributed by atoms with E-state index in [0.717, 1.165) is 8.65 Å². The van der Waals surface area contributed by atoms with E-state index in [-0.39, 0.29) is 0 Å². The van der Waals surface area contributed by atoms with Gasteiger partial charge in [-0.2, -0.15) is 4.09 Å². The Morgan fingerprint density at radius 3 is 2.22 bits per heavy atom. The molecule has 1 aromatic rings. The minimum Gasteiger partial charge on any atom is -0.246 e. The van der Waals surface area contributed by atoms with Gasteiger partial charge in [-0.25, -0.2) is 19.3 Å². The van der Waals surface area contributed by atoms with Crippen molar-refractivity contribution < 1.29 is 0 Å². The molecule has 0 unspecified atom stereocenters. The van der Waals surface area contributed by atoms with E-state index in [0.29, 0.717) is 0 Å². The largest absolute Gasteiger partial charge is 0.357 e. The zero-order valence-corrected chi connectivity index (χ0v) is 5.55. The second kappa shape index (κ2) is 1.80. The van der Waals surface area contributed by atoms with Crippen molar-refractivity contribution in [1.82, 2.24) is 13.8 Å². The summed E-state index contributed by atoms with van der Waals surface area (Å²) in [5.74, 6) is 0. The Morgan fingerprint density at radius 2 is 2.11 bits per heavy atom. The third-order valence-electron chi connectivity index (χ3n) is 0.974. The summed E-state index contributed by atoms with van der Waals surface area (Å²) in [6.45, 7) is 0. The third kappa shape index (κ3) is 0.807. The van der Waals surface area contributed by atoms with Crippen LogP contribution in [0.25, 0.3) is 0 Å². The molecule has 0 spiro atoms. The summed E-state index contributed by atoms with van der Waals surface area (Å²) >= 11 is 3.62. The number of nitrogens with one attached hydrogen (secondary N) is 1. The summed E-state index contributed by atoms with van der Waals surface area (Å²) in [6, 6.07) is 0. The fourth-order valence-electron chi connectivity index (χ4n) is 0.442. The molecule has 0 aromatic carbocycles. The lowest BCUT2D eigenvalue weighted by Gasteiger charge is -1.78. The molecule has 0 amide bonds. The normalized spacial score (nSPS) is 10.0. The Bertz CT molecular complexity index is 319. The van der Waals surface area contributed by atoms with E-state index in [1.807, 2.05) is 0 Å². The van der Waals surface area contributed by atoms with Gasteiger partial charge in [-0.3, -0.25) is 0 Å². The first kappa shape index (κ1) is 6.21. The molecule has 9 heavy (non-hydrogen) atoms. The molecule has 0 aliphatic rings. The maximum Gasteiger partial charge on any atom is 0.357 e. The van der Waals surface area contributed by atoms with Crippen molar-refractivity contribution in [2.24, 2.45) is 7.05 Å². The van der Waals surface area contributed by atoms with Crippen molar-refractivity contribution >= 4 is 12.8 Å². The van der Waals surface area contributed by atoms with E-state index < -0.39 is 11.4 Å². The van der Waals surface area contributed by atoms with Crippen LogP contribution in [-0.2, 0) is 7.05 Å². The molecule has 1 aromatic heterocycles. The highest BCUT2D eigenvalue weighted by Gasteiger charge is 1.98. The van der Waals surface area contributed by atoms with Crippen LogP contribution in [0.1, 0.15) is 0 Å². The van der Waals surface area contributed by atoms with Crippen LogP contribution in [0.2, 0.25) is 0 Å². The van der Waals surface area contributed by atoms with Crippen molar-refractivity contribution in [3.05, 3.63) is 21.0 Å². The van der Waals surface area contributed by atoms with Gasteiger partial charge in [0.05, 0.1) is 0 Å². The minimum atomic E-state index is -0.469. The van der Waals surface area contributed by atoms with E-state index in [2.05, 4.69) is 17.9 Å². The molecule has 0 saturated carbocycles. The molecule has 0 bridgehead atoms. The number of aromatic nitrogens is 3. The second-order valence-corrected chi connectivity index (χ2v) is 1.97. The van der Waals surface area contributed by atoms with Gasteiger partial charge in [0.2, 0.25) is 0 Å². The Hall–Kier alpha value is -0.910. The van der Waals surface area contributed by atoms with E-state index >= 15 is 0 Å². The third-order valence-corrected chi connectivity index (χ3v) is 1.25. The van der Waals surface area contributed by atoms with Gasteiger partial charge in [-0.15, -0.1) is 0 Å². The number of thiol groups is 1. The van der Waals surface area contributed by atoms with Crippen LogP contribution in [0, 0.1) is 0 Å². The van der Waals surface area contributed by atoms with E-state index in [1.54, 1.807) is 0 Å². The predicted molar refractivity (Wildman–Crippen MR) is 34.7 cm³/mol. The van der Waals surface area contributed by atoms with Crippen LogP contribution < -0.4 is 11.4 Å². The first-order chi connectivity index (χ1) is 4.13. The molecule has 1 heterocycles. The molecule has 0 atom stereocenters. The zero-order chi connectivity index (χ0) is 7.02. The summed E-state index contributed by atoms with van der Waals surface area (Å²) in [5, 5.41) is 2.15. The summed E-state index contributed by atoms with van der Waals surface area (Å²) in [5.41, 5.74) is -0.932. The molecule has 0 saturated heterocycles. The van der Waals surface area contributed by atoms with Crippen molar-refractivity contribution in [2.75, 3.05) is 0 Å². The van der Waals surface area contributed by atoms with Gasteiger partial charge in [0.25, 0.3) is 0 Å². The molecule has 0 aliphatic carbocycles. The highest BCUT2D eigenvalue weighted by atomic mass is 32.1. The van der Waals surface area contributed by atoms with Gasteiger partial charge in [-0.1, -0.05) is 0 Å². The van der Waals surface area contributed by atoms with Gasteiger partial charge < -0.3 is 0 Å². The van der Waals surface area contributed by atoms with Crippen molar-refractivity contribution in [2.45, 2.75) is 0 Å². The fraction of sp³-hybridized carbons (Fsp3) is 0.333. The van der Waals surface area contributed by atoms with Gasteiger partial charge in [0, 0.05) is 7.05 Å². The van der Waals surface area contributed by atoms with Gasteiger partial charge in [0.15, 0.2) is 0 Å². The van der Waals surface area contributed by atoms with Gasteiger partial charge in [0.1, 0.15) is 0 Å². The Kier molecular flexibility index (Phi) is 1.24. The molecule has 0 aliphatic heterocycles. The number of nitrogens with zero attached hydrogens (tertiary/aromatic N) is 2. The first-order valence-corrected chi connectivity index (χ1v) is 2.60. The minimum absolute atomic E-state index is 0.463. The molecule has 50 valence electrons. The molecule has 5 nitrogen and oxygen atoms in total. The van der Waals surface area contributed by atoms with Crippen LogP contribution in [0.5, 0.6) is 0 Å². The summed E-state index contributed by atoms with van der Waals surface area (Å²) in [7, 11) is 1.37. The molecule has 1 rings (SSSR count). The van der Waals surface area contributed by atoms with Gasteiger partial charge >= 0.3 is 11.4 Å². The van der Waals surface area contributed by atoms with Crippen molar-refractivity contribution in [3.63, 3.8) is 0 Å². The van der Waals surface area contributed by atoms with E-state index in [1.165, 1.54) is 7.05 Å². The second-order valence-electron chi connectivity index (χ2n) is 1.57. The molecular formula is C3H5N3O2S.